The molecule has 186 valence electrons. The topological polar surface area (TPSA) is 107 Å². The van der Waals surface area contributed by atoms with E-state index in [0.717, 1.165) is 10.5 Å². The van der Waals surface area contributed by atoms with Crippen LogP contribution in [0, 0.1) is 0 Å². The number of carbonyl (C=O) groups is 3. The lowest BCUT2D eigenvalue weighted by Gasteiger charge is -2.15. The first kappa shape index (κ1) is 25.1. The number of nitrogens with zero attached hydrogens (tertiary/aromatic N) is 1. The fourth-order valence-corrected chi connectivity index (χ4v) is 4.09. The Hall–Kier alpha value is -4.05. The molecule has 0 spiro atoms. The van der Waals surface area contributed by atoms with E-state index >= 15 is 0 Å². The van der Waals surface area contributed by atoms with Gasteiger partial charge in [-0.25, -0.2) is 9.59 Å². The lowest BCUT2D eigenvalue weighted by atomic mass is 10.1. The molecule has 1 N–H and O–H groups in total. The van der Waals surface area contributed by atoms with Gasteiger partial charge in [-0.3, -0.25) is 9.69 Å². The smallest absolute Gasteiger partial charge is 0.373 e. The molecule has 0 unspecified atom stereocenters. The van der Waals surface area contributed by atoms with Crippen molar-refractivity contribution in [2.75, 3.05) is 13.7 Å². The van der Waals surface area contributed by atoms with Crippen LogP contribution in [0.25, 0.3) is 6.08 Å². The summed E-state index contributed by atoms with van der Waals surface area (Å²) in [5.74, 6) is 0.0970. The van der Waals surface area contributed by atoms with Gasteiger partial charge >= 0.3 is 12.0 Å². The van der Waals surface area contributed by atoms with Gasteiger partial charge < -0.3 is 23.9 Å². The Labute approximate surface area is 215 Å². The van der Waals surface area contributed by atoms with Crippen molar-refractivity contribution in [3.05, 3.63) is 87.4 Å². The van der Waals surface area contributed by atoms with Gasteiger partial charge in [0, 0.05) is 0 Å². The highest BCUT2D eigenvalue weighted by Gasteiger charge is 2.34. The van der Waals surface area contributed by atoms with Crippen molar-refractivity contribution in [2.24, 2.45) is 0 Å². The number of amides is 3. The molecule has 0 radical (unpaired) electrons. The molecule has 1 aromatic heterocycles. The second kappa shape index (κ2) is 11.1. The van der Waals surface area contributed by atoms with E-state index in [1.165, 1.54) is 19.2 Å². The van der Waals surface area contributed by atoms with Crippen molar-refractivity contribution in [2.45, 2.75) is 20.1 Å². The molecular formula is C26H23BrN2O7. The number of ether oxygens (including phenoxy) is 3. The molecule has 9 nitrogen and oxygen atoms in total. The molecule has 0 aliphatic carbocycles. The highest BCUT2D eigenvalue weighted by atomic mass is 79.9. The van der Waals surface area contributed by atoms with Gasteiger partial charge in [0.25, 0.3) is 5.91 Å². The number of esters is 1. The van der Waals surface area contributed by atoms with Gasteiger partial charge in [-0.1, -0.05) is 30.3 Å². The van der Waals surface area contributed by atoms with Crippen molar-refractivity contribution in [1.82, 2.24) is 10.2 Å². The number of furan rings is 1. The molecule has 0 bridgehead atoms. The highest BCUT2D eigenvalue weighted by molar-refractivity contribution is 9.10. The maximum atomic E-state index is 12.9. The Balaban J connectivity index is 1.53. The van der Waals surface area contributed by atoms with Crippen molar-refractivity contribution in [3.8, 4) is 11.5 Å². The van der Waals surface area contributed by atoms with Crippen LogP contribution in [0.15, 0.2) is 69.2 Å². The zero-order valence-corrected chi connectivity index (χ0v) is 21.2. The number of hydrogen-bond donors (Lipinski definition) is 1. The summed E-state index contributed by atoms with van der Waals surface area (Å²) in [6, 6.07) is 15.6. The number of rotatable bonds is 9. The molecule has 36 heavy (non-hydrogen) atoms. The SMILES string of the molecule is CCOc1cc(/C=C2\NC(=O)N(Cc3ccc(C(=O)OC)o3)C2=O)cc(Br)c1OCc1ccccc1. The van der Waals surface area contributed by atoms with Crippen LogP contribution < -0.4 is 14.8 Å². The van der Waals surface area contributed by atoms with Gasteiger partial charge in [0.15, 0.2) is 11.5 Å². The van der Waals surface area contributed by atoms with Gasteiger partial charge in [-0.05, 0) is 64.3 Å². The average molecular weight is 555 g/mol. The van der Waals surface area contributed by atoms with Crippen molar-refractivity contribution in [3.63, 3.8) is 0 Å². The molecule has 2 aromatic carbocycles. The standard InChI is InChI=1S/C26H23BrN2O7/c1-3-34-22-13-17(11-19(27)23(22)35-15-16-7-5-4-6-8-16)12-20-24(30)29(26(32)28-20)14-18-9-10-21(36-18)25(31)33-2/h4-13H,3,14-15H2,1-2H3,(H,28,32)/b20-12-. The van der Waals surface area contributed by atoms with Crippen LogP contribution in [0.4, 0.5) is 4.79 Å². The highest BCUT2D eigenvalue weighted by Crippen LogP contribution is 2.38. The molecular weight excluding hydrogens is 532 g/mol. The summed E-state index contributed by atoms with van der Waals surface area (Å²) in [7, 11) is 1.23. The number of urea groups is 1. The van der Waals surface area contributed by atoms with Gasteiger partial charge in [0.2, 0.25) is 5.76 Å². The lowest BCUT2D eigenvalue weighted by Crippen LogP contribution is -2.30. The summed E-state index contributed by atoms with van der Waals surface area (Å²) in [5, 5.41) is 2.57. The maximum Gasteiger partial charge on any atom is 0.373 e. The van der Waals surface area contributed by atoms with Gasteiger partial charge in [-0.2, -0.15) is 0 Å². The first-order valence-electron chi connectivity index (χ1n) is 11.0. The van der Waals surface area contributed by atoms with Crippen LogP contribution >= 0.6 is 15.9 Å². The summed E-state index contributed by atoms with van der Waals surface area (Å²) >= 11 is 3.53. The third kappa shape index (κ3) is 5.60. The first-order chi connectivity index (χ1) is 17.4. The molecule has 4 rings (SSSR count). The van der Waals surface area contributed by atoms with Crippen LogP contribution in [-0.4, -0.2) is 36.5 Å². The van der Waals surface area contributed by atoms with E-state index in [1.54, 1.807) is 18.2 Å². The lowest BCUT2D eigenvalue weighted by molar-refractivity contribution is -0.123. The zero-order valence-electron chi connectivity index (χ0n) is 19.6. The van der Waals surface area contributed by atoms with Gasteiger partial charge in [-0.15, -0.1) is 0 Å². The second-order valence-electron chi connectivity index (χ2n) is 7.67. The van der Waals surface area contributed by atoms with E-state index in [1.807, 2.05) is 37.3 Å². The summed E-state index contributed by atoms with van der Waals surface area (Å²) in [4.78, 5) is 37.9. The number of halogens is 1. The van der Waals surface area contributed by atoms with E-state index in [9.17, 15) is 14.4 Å². The summed E-state index contributed by atoms with van der Waals surface area (Å²) in [5.41, 5.74) is 1.72. The Kier molecular flexibility index (Phi) is 7.74. The third-order valence-corrected chi connectivity index (χ3v) is 5.78. The summed E-state index contributed by atoms with van der Waals surface area (Å²) in [6.45, 7) is 2.49. The molecule has 1 saturated heterocycles. The molecule has 1 aliphatic rings. The van der Waals surface area contributed by atoms with Crippen LogP contribution in [0.3, 0.4) is 0 Å². The van der Waals surface area contributed by atoms with Gasteiger partial charge in [0.1, 0.15) is 18.1 Å². The number of benzene rings is 2. The number of nitrogens with one attached hydrogen (secondary N) is 1. The van der Waals surface area contributed by atoms with E-state index in [-0.39, 0.29) is 23.8 Å². The largest absolute Gasteiger partial charge is 0.490 e. The third-order valence-electron chi connectivity index (χ3n) is 5.19. The van der Waals surface area contributed by atoms with Crippen molar-refractivity contribution >= 4 is 39.9 Å². The van der Waals surface area contributed by atoms with Crippen LogP contribution in [-0.2, 0) is 22.7 Å². The van der Waals surface area contributed by atoms with Crippen LogP contribution in [0.2, 0.25) is 0 Å². The maximum absolute atomic E-state index is 12.9. The predicted octanol–water partition coefficient (Wildman–Crippen LogP) is 4.90. The average Bonchev–Trinajstić information content (AvgIpc) is 3.44. The molecule has 2 heterocycles. The Morgan fingerprint density at radius 3 is 2.61 bits per heavy atom. The van der Waals surface area contributed by atoms with E-state index in [2.05, 4.69) is 26.0 Å². The molecule has 1 aliphatic heterocycles. The number of imide groups is 1. The molecule has 10 heteroatoms. The zero-order chi connectivity index (χ0) is 25.7. The monoisotopic (exact) mass is 554 g/mol. The Morgan fingerprint density at radius 1 is 1.11 bits per heavy atom. The number of carbonyl (C=O) groups excluding carboxylic acids is 3. The summed E-state index contributed by atoms with van der Waals surface area (Å²) < 4.78 is 22.4. The van der Waals surface area contributed by atoms with E-state index in [0.29, 0.717) is 34.7 Å². The number of hydrogen-bond acceptors (Lipinski definition) is 7. The van der Waals surface area contributed by atoms with E-state index < -0.39 is 17.9 Å². The molecule has 0 atom stereocenters. The van der Waals surface area contributed by atoms with Crippen LogP contribution in [0.5, 0.6) is 11.5 Å². The Morgan fingerprint density at radius 2 is 1.89 bits per heavy atom. The van der Waals surface area contributed by atoms with Crippen molar-refractivity contribution in [1.29, 1.82) is 0 Å². The van der Waals surface area contributed by atoms with Crippen LogP contribution in [0.1, 0.15) is 34.4 Å². The van der Waals surface area contributed by atoms with E-state index in [4.69, 9.17) is 13.9 Å². The molecule has 1 fully saturated rings. The predicted molar refractivity (Wildman–Crippen MR) is 133 cm³/mol. The molecule has 3 aromatic rings. The fourth-order valence-electron chi connectivity index (χ4n) is 3.51. The Bertz CT molecular complexity index is 1320. The van der Waals surface area contributed by atoms with Gasteiger partial charge in [0.05, 0.1) is 24.7 Å². The molecule has 3 amide bonds. The second-order valence-corrected chi connectivity index (χ2v) is 8.53. The minimum Gasteiger partial charge on any atom is -0.490 e. The minimum atomic E-state index is -0.647. The first-order valence-corrected chi connectivity index (χ1v) is 11.8. The number of methoxy groups -OCH3 is 1. The normalized spacial score (nSPS) is 14.2. The van der Waals surface area contributed by atoms with Crippen molar-refractivity contribution < 1.29 is 33.0 Å². The minimum absolute atomic E-state index is 0.0156. The quantitative estimate of drug-likeness (QED) is 0.227. The molecule has 0 saturated carbocycles. The summed E-state index contributed by atoms with van der Waals surface area (Å²) in [6.07, 6.45) is 1.55. The fraction of sp³-hybridized carbons (Fsp3) is 0.192.